The number of aromatic nitrogens is 1. The molecule has 1 atom stereocenters. The lowest BCUT2D eigenvalue weighted by Crippen LogP contribution is -2.33. The summed E-state index contributed by atoms with van der Waals surface area (Å²) in [7, 11) is 1.95. The zero-order chi connectivity index (χ0) is 12.3. The van der Waals surface area contributed by atoms with Crippen molar-refractivity contribution in [2.24, 2.45) is 0 Å². The van der Waals surface area contributed by atoms with E-state index in [2.05, 4.69) is 15.0 Å². The first-order valence-electron chi connectivity index (χ1n) is 5.51. The van der Waals surface area contributed by atoms with Crippen LogP contribution in [0.3, 0.4) is 0 Å². The summed E-state index contributed by atoms with van der Waals surface area (Å²) in [6, 6.07) is 3.60. The smallest absolute Gasteiger partial charge is 0.387 e. The van der Waals surface area contributed by atoms with E-state index in [0.717, 1.165) is 25.3 Å². The van der Waals surface area contributed by atoms with Gasteiger partial charge in [-0.15, -0.1) is 0 Å². The molecule has 1 saturated heterocycles. The van der Waals surface area contributed by atoms with E-state index < -0.39 is 6.61 Å². The summed E-state index contributed by atoms with van der Waals surface area (Å²) in [6.45, 7) is -0.880. The van der Waals surface area contributed by atoms with Crippen molar-refractivity contribution in [3.05, 3.63) is 18.3 Å². The Morgan fingerprint density at radius 2 is 2.35 bits per heavy atom. The van der Waals surface area contributed by atoms with Gasteiger partial charge in [0.2, 0.25) is 0 Å². The number of likely N-dealkylation sites (N-methyl/N-ethyl adjacent to an activating group) is 1. The summed E-state index contributed by atoms with van der Waals surface area (Å²) >= 11 is 0. The van der Waals surface area contributed by atoms with Crippen molar-refractivity contribution in [2.75, 3.05) is 25.0 Å². The van der Waals surface area contributed by atoms with Gasteiger partial charge in [0.1, 0.15) is 11.6 Å². The van der Waals surface area contributed by atoms with Crippen molar-refractivity contribution in [2.45, 2.75) is 19.1 Å². The molecule has 1 aromatic heterocycles. The molecule has 0 saturated carbocycles. The minimum atomic E-state index is -2.81. The summed E-state index contributed by atoms with van der Waals surface area (Å²) < 4.78 is 28.2. The fraction of sp³-hybridized carbons (Fsp3) is 0.545. The Bertz CT molecular complexity index is 352. The molecule has 0 spiro atoms. The van der Waals surface area contributed by atoms with Gasteiger partial charge in [-0.05, 0) is 25.1 Å². The minimum absolute atomic E-state index is 0.0849. The number of nitrogens with one attached hydrogen (secondary N) is 1. The van der Waals surface area contributed by atoms with Crippen molar-refractivity contribution >= 4 is 5.82 Å². The maximum Gasteiger partial charge on any atom is 0.387 e. The van der Waals surface area contributed by atoms with E-state index in [4.69, 9.17) is 0 Å². The van der Waals surface area contributed by atoms with Gasteiger partial charge in [-0.25, -0.2) is 4.98 Å². The molecule has 0 radical (unpaired) electrons. The molecule has 1 N–H and O–H groups in total. The number of hydrogen-bond acceptors (Lipinski definition) is 4. The first-order chi connectivity index (χ1) is 8.16. The van der Waals surface area contributed by atoms with Gasteiger partial charge in [0.15, 0.2) is 0 Å². The fourth-order valence-electron chi connectivity index (χ4n) is 1.91. The Labute approximate surface area is 98.6 Å². The SMILES string of the molecule is CN(c1ccc(OC(F)F)cn1)C1CCNC1. The first kappa shape index (κ1) is 12.0. The van der Waals surface area contributed by atoms with Crippen LogP contribution in [-0.2, 0) is 0 Å². The van der Waals surface area contributed by atoms with Crippen LogP contribution in [-0.4, -0.2) is 37.8 Å². The average molecular weight is 243 g/mol. The van der Waals surface area contributed by atoms with E-state index in [-0.39, 0.29) is 5.75 Å². The summed E-state index contributed by atoms with van der Waals surface area (Å²) in [5.41, 5.74) is 0. The highest BCUT2D eigenvalue weighted by atomic mass is 19.3. The number of halogens is 2. The van der Waals surface area contributed by atoms with E-state index in [9.17, 15) is 8.78 Å². The lowest BCUT2D eigenvalue weighted by molar-refractivity contribution is -0.0500. The molecular formula is C11H15F2N3O. The molecule has 0 amide bonds. The molecule has 1 aliphatic rings. The number of nitrogens with zero attached hydrogens (tertiary/aromatic N) is 2. The van der Waals surface area contributed by atoms with Gasteiger partial charge < -0.3 is 15.0 Å². The highest BCUT2D eigenvalue weighted by Crippen LogP contribution is 2.19. The zero-order valence-corrected chi connectivity index (χ0v) is 9.57. The summed E-state index contributed by atoms with van der Waals surface area (Å²) in [6.07, 6.45) is 2.38. The highest BCUT2D eigenvalue weighted by molar-refractivity contribution is 5.41. The Hall–Kier alpha value is -1.43. The lowest BCUT2D eigenvalue weighted by Gasteiger charge is -2.24. The van der Waals surface area contributed by atoms with Gasteiger partial charge >= 0.3 is 6.61 Å². The van der Waals surface area contributed by atoms with Crippen molar-refractivity contribution in [1.82, 2.24) is 10.3 Å². The average Bonchev–Trinajstić information content (AvgIpc) is 2.82. The molecule has 2 heterocycles. The van der Waals surface area contributed by atoms with E-state index in [0.29, 0.717) is 6.04 Å². The van der Waals surface area contributed by atoms with Gasteiger partial charge in [-0.1, -0.05) is 0 Å². The minimum Gasteiger partial charge on any atom is -0.433 e. The number of hydrogen-bond donors (Lipinski definition) is 1. The van der Waals surface area contributed by atoms with Crippen LogP contribution >= 0.6 is 0 Å². The Kier molecular flexibility index (Phi) is 3.73. The molecule has 1 aliphatic heterocycles. The maximum atomic E-state index is 12.0. The van der Waals surface area contributed by atoms with Crippen LogP contribution in [0.5, 0.6) is 5.75 Å². The summed E-state index contributed by atoms with van der Waals surface area (Å²) in [5.74, 6) is 0.849. The van der Waals surface area contributed by atoms with Crippen molar-refractivity contribution in [3.8, 4) is 5.75 Å². The molecule has 1 unspecified atom stereocenters. The van der Waals surface area contributed by atoms with E-state index in [1.807, 2.05) is 11.9 Å². The Balaban J connectivity index is 2.01. The molecule has 1 fully saturated rings. The highest BCUT2D eigenvalue weighted by Gasteiger charge is 2.20. The van der Waals surface area contributed by atoms with Gasteiger partial charge in [0.25, 0.3) is 0 Å². The van der Waals surface area contributed by atoms with E-state index >= 15 is 0 Å². The molecule has 0 aliphatic carbocycles. The normalized spacial score (nSPS) is 19.6. The third-order valence-corrected chi connectivity index (χ3v) is 2.89. The lowest BCUT2D eigenvalue weighted by atomic mass is 10.2. The van der Waals surface area contributed by atoms with E-state index in [1.54, 1.807) is 6.07 Å². The van der Waals surface area contributed by atoms with Gasteiger partial charge in [0.05, 0.1) is 6.20 Å². The zero-order valence-electron chi connectivity index (χ0n) is 9.57. The van der Waals surface area contributed by atoms with Crippen LogP contribution in [0, 0.1) is 0 Å². The van der Waals surface area contributed by atoms with Crippen LogP contribution in [0.25, 0.3) is 0 Å². The molecular weight excluding hydrogens is 228 g/mol. The number of ether oxygens (including phenoxy) is 1. The van der Waals surface area contributed by atoms with Crippen LogP contribution in [0.15, 0.2) is 18.3 Å². The van der Waals surface area contributed by atoms with Crippen molar-refractivity contribution < 1.29 is 13.5 Å². The quantitative estimate of drug-likeness (QED) is 0.869. The molecule has 6 heteroatoms. The summed E-state index contributed by atoms with van der Waals surface area (Å²) in [5, 5.41) is 3.27. The summed E-state index contributed by atoms with van der Waals surface area (Å²) in [4.78, 5) is 6.16. The Morgan fingerprint density at radius 1 is 1.53 bits per heavy atom. The van der Waals surface area contributed by atoms with E-state index in [1.165, 1.54) is 12.3 Å². The number of anilines is 1. The van der Waals surface area contributed by atoms with Crippen LogP contribution in [0.1, 0.15) is 6.42 Å². The van der Waals surface area contributed by atoms with Crippen molar-refractivity contribution in [1.29, 1.82) is 0 Å². The maximum absolute atomic E-state index is 12.0. The molecule has 0 bridgehead atoms. The van der Waals surface area contributed by atoms with Crippen LogP contribution in [0.4, 0.5) is 14.6 Å². The third-order valence-electron chi connectivity index (χ3n) is 2.89. The standard InChI is InChI=1S/C11H15F2N3O/c1-16(8-4-5-14-6-8)10-3-2-9(7-15-10)17-11(12)13/h2-3,7-8,11,14H,4-6H2,1H3. The van der Waals surface area contributed by atoms with Gasteiger partial charge in [-0.2, -0.15) is 8.78 Å². The molecule has 17 heavy (non-hydrogen) atoms. The Morgan fingerprint density at radius 3 is 2.88 bits per heavy atom. The van der Waals surface area contributed by atoms with Crippen LogP contribution < -0.4 is 15.0 Å². The van der Waals surface area contributed by atoms with Crippen molar-refractivity contribution in [3.63, 3.8) is 0 Å². The largest absolute Gasteiger partial charge is 0.433 e. The molecule has 94 valence electrons. The number of pyridine rings is 1. The second-order valence-corrected chi connectivity index (χ2v) is 3.99. The van der Waals surface area contributed by atoms with Gasteiger partial charge in [-0.3, -0.25) is 0 Å². The predicted molar refractivity (Wildman–Crippen MR) is 60.5 cm³/mol. The third kappa shape index (κ3) is 3.03. The second kappa shape index (κ2) is 5.27. The molecule has 4 nitrogen and oxygen atoms in total. The molecule has 1 aromatic rings. The second-order valence-electron chi connectivity index (χ2n) is 3.99. The fourth-order valence-corrected chi connectivity index (χ4v) is 1.91. The van der Waals surface area contributed by atoms with Gasteiger partial charge in [0, 0.05) is 19.6 Å². The molecule has 2 rings (SSSR count). The van der Waals surface area contributed by atoms with Crippen LogP contribution in [0.2, 0.25) is 0 Å². The first-order valence-corrected chi connectivity index (χ1v) is 5.51. The number of rotatable bonds is 4. The molecule has 0 aromatic carbocycles. The topological polar surface area (TPSA) is 37.4 Å². The predicted octanol–water partition coefficient (Wildman–Crippen LogP) is 1.48. The number of alkyl halides is 2. The monoisotopic (exact) mass is 243 g/mol.